The van der Waals surface area contributed by atoms with Gasteiger partial charge in [-0.05, 0) is 25.5 Å². The number of aryl methyl sites for hydroxylation is 2. The number of rotatable bonds is 2. The maximum Gasteiger partial charge on any atom is 0.148 e. The van der Waals surface area contributed by atoms with E-state index in [2.05, 4.69) is 15.0 Å². The first kappa shape index (κ1) is 12.6. The van der Waals surface area contributed by atoms with Crippen LogP contribution in [-0.2, 0) is 6.61 Å². The number of aliphatic hydroxyl groups excluding tert-OH is 1. The van der Waals surface area contributed by atoms with Crippen LogP contribution in [0.1, 0.15) is 16.8 Å². The Morgan fingerprint density at radius 2 is 2.05 bits per heavy atom. The van der Waals surface area contributed by atoms with Gasteiger partial charge in [0.1, 0.15) is 11.6 Å². The van der Waals surface area contributed by atoms with Gasteiger partial charge in [0.15, 0.2) is 0 Å². The number of hydrogen-bond acceptors (Lipinski definition) is 4. The maximum atomic E-state index is 10.2. The maximum absolute atomic E-state index is 10.2. The van der Waals surface area contributed by atoms with Crippen LogP contribution in [0.4, 0.5) is 0 Å². The number of H-pyrrole nitrogens is 1. The quantitative estimate of drug-likeness (QED) is 0.667. The second-order valence-corrected chi connectivity index (χ2v) is 4.81. The highest BCUT2D eigenvalue weighted by Gasteiger charge is 2.17. The number of nitrogens with zero attached hydrogens (tertiary/aromatic N) is 2. The van der Waals surface area contributed by atoms with E-state index < -0.39 is 0 Å². The topological polar surface area (TPSA) is 82.0 Å². The Kier molecular flexibility index (Phi) is 2.91. The Morgan fingerprint density at radius 1 is 1.25 bits per heavy atom. The van der Waals surface area contributed by atoms with Gasteiger partial charge < -0.3 is 15.2 Å². The van der Waals surface area contributed by atoms with Crippen LogP contribution in [0.2, 0.25) is 0 Å². The molecule has 3 aromatic rings. The highest BCUT2D eigenvalue weighted by Crippen LogP contribution is 2.33. The normalized spacial score (nSPS) is 11.2. The number of benzene rings is 1. The van der Waals surface area contributed by atoms with Crippen molar-refractivity contribution in [1.29, 1.82) is 0 Å². The fourth-order valence-corrected chi connectivity index (χ4v) is 2.31. The number of fused-ring (bicyclic) bond motifs is 1. The molecule has 0 saturated carbocycles. The lowest BCUT2D eigenvalue weighted by molar-refractivity contribution is 0.281. The lowest BCUT2D eigenvalue weighted by Crippen LogP contribution is -1.96. The van der Waals surface area contributed by atoms with Crippen LogP contribution in [0.15, 0.2) is 24.4 Å². The molecule has 3 N–H and O–H groups in total. The fourth-order valence-electron chi connectivity index (χ4n) is 2.31. The van der Waals surface area contributed by atoms with E-state index in [0.29, 0.717) is 22.6 Å². The SMILES string of the molecule is Cc1ncc(CO)c(-c2nc3c(C)cccc3[nH]2)c1O. The molecular formula is C15H15N3O2. The van der Waals surface area contributed by atoms with Crippen molar-refractivity contribution in [2.75, 3.05) is 0 Å². The number of aromatic amines is 1. The minimum atomic E-state index is -0.202. The molecular weight excluding hydrogens is 254 g/mol. The number of aromatic hydroxyl groups is 1. The van der Waals surface area contributed by atoms with E-state index in [1.165, 1.54) is 0 Å². The number of aromatic nitrogens is 3. The zero-order valence-corrected chi connectivity index (χ0v) is 11.3. The Balaban J connectivity index is 2.30. The molecule has 0 atom stereocenters. The van der Waals surface area contributed by atoms with Gasteiger partial charge in [0.25, 0.3) is 0 Å². The lowest BCUT2D eigenvalue weighted by atomic mass is 10.1. The third-order valence-electron chi connectivity index (χ3n) is 3.44. The zero-order chi connectivity index (χ0) is 14.3. The molecule has 0 bridgehead atoms. The van der Waals surface area contributed by atoms with E-state index >= 15 is 0 Å². The smallest absolute Gasteiger partial charge is 0.148 e. The van der Waals surface area contributed by atoms with E-state index in [0.717, 1.165) is 16.6 Å². The van der Waals surface area contributed by atoms with Gasteiger partial charge >= 0.3 is 0 Å². The van der Waals surface area contributed by atoms with Gasteiger partial charge in [0.05, 0.1) is 28.9 Å². The number of aliphatic hydroxyl groups is 1. The largest absolute Gasteiger partial charge is 0.505 e. The summed E-state index contributed by atoms with van der Waals surface area (Å²) in [6.45, 7) is 3.50. The standard InChI is InChI=1S/C15H15N3O2/c1-8-4-3-5-11-13(8)18-15(17-11)12-10(7-19)6-16-9(2)14(12)20/h3-6,19-20H,7H2,1-2H3,(H,17,18). The zero-order valence-electron chi connectivity index (χ0n) is 11.3. The molecule has 2 aromatic heterocycles. The van der Waals surface area contributed by atoms with Gasteiger partial charge in [-0.25, -0.2) is 4.98 Å². The third kappa shape index (κ3) is 1.83. The molecule has 0 unspecified atom stereocenters. The molecule has 0 aliphatic heterocycles. The highest BCUT2D eigenvalue weighted by atomic mass is 16.3. The van der Waals surface area contributed by atoms with Gasteiger partial charge in [-0.15, -0.1) is 0 Å². The first-order valence-corrected chi connectivity index (χ1v) is 6.36. The molecule has 0 amide bonds. The van der Waals surface area contributed by atoms with Gasteiger partial charge in [-0.1, -0.05) is 12.1 Å². The van der Waals surface area contributed by atoms with Gasteiger partial charge in [-0.2, -0.15) is 0 Å². The Labute approximate surface area is 116 Å². The summed E-state index contributed by atoms with van der Waals surface area (Å²) in [5, 5.41) is 19.7. The average Bonchev–Trinajstić information content (AvgIpc) is 2.86. The first-order valence-electron chi connectivity index (χ1n) is 6.36. The van der Waals surface area contributed by atoms with Crippen molar-refractivity contribution in [3.8, 4) is 17.1 Å². The molecule has 5 nitrogen and oxygen atoms in total. The van der Waals surface area contributed by atoms with Crippen LogP contribution in [-0.4, -0.2) is 25.2 Å². The summed E-state index contributed by atoms with van der Waals surface area (Å²) in [5.41, 5.74) is 4.38. The summed E-state index contributed by atoms with van der Waals surface area (Å²) in [5.74, 6) is 0.592. The van der Waals surface area contributed by atoms with Crippen molar-refractivity contribution in [3.63, 3.8) is 0 Å². The number of nitrogens with one attached hydrogen (secondary N) is 1. The summed E-state index contributed by atoms with van der Waals surface area (Å²) in [7, 11) is 0. The van der Waals surface area contributed by atoms with Gasteiger partial charge in [0.2, 0.25) is 0 Å². The molecule has 5 heteroatoms. The van der Waals surface area contributed by atoms with Crippen LogP contribution < -0.4 is 0 Å². The summed E-state index contributed by atoms with van der Waals surface area (Å²) in [6.07, 6.45) is 1.56. The average molecular weight is 269 g/mol. The Morgan fingerprint density at radius 3 is 2.75 bits per heavy atom. The van der Waals surface area contributed by atoms with E-state index in [9.17, 15) is 10.2 Å². The third-order valence-corrected chi connectivity index (χ3v) is 3.44. The Bertz CT molecular complexity index is 793. The summed E-state index contributed by atoms with van der Waals surface area (Å²) in [4.78, 5) is 11.8. The minimum Gasteiger partial charge on any atom is -0.505 e. The lowest BCUT2D eigenvalue weighted by Gasteiger charge is -2.08. The van der Waals surface area contributed by atoms with E-state index in [1.54, 1.807) is 13.1 Å². The highest BCUT2D eigenvalue weighted by molar-refractivity contribution is 5.84. The molecule has 3 rings (SSSR count). The number of para-hydroxylation sites is 1. The van der Waals surface area contributed by atoms with Crippen molar-refractivity contribution in [2.24, 2.45) is 0 Å². The first-order chi connectivity index (χ1) is 9.61. The van der Waals surface area contributed by atoms with Gasteiger partial charge in [0, 0.05) is 11.8 Å². The monoisotopic (exact) mass is 269 g/mol. The minimum absolute atomic E-state index is 0.0493. The van der Waals surface area contributed by atoms with Crippen LogP contribution >= 0.6 is 0 Å². The van der Waals surface area contributed by atoms with Crippen LogP contribution in [0.5, 0.6) is 5.75 Å². The molecule has 20 heavy (non-hydrogen) atoms. The summed E-state index contributed by atoms with van der Waals surface area (Å²) < 4.78 is 0. The molecule has 1 aromatic carbocycles. The van der Waals surface area contributed by atoms with Crippen molar-refractivity contribution < 1.29 is 10.2 Å². The molecule has 0 aliphatic carbocycles. The van der Waals surface area contributed by atoms with Crippen LogP contribution in [0.25, 0.3) is 22.4 Å². The second-order valence-electron chi connectivity index (χ2n) is 4.81. The van der Waals surface area contributed by atoms with Crippen molar-refractivity contribution in [2.45, 2.75) is 20.5 Å². The van der Waals surface area contributed by atoms with Crippen LogP contribution in [0.3, 0.4) is 0 Å². The molecule has 102 valence electrons. The predicted molar refractivity (Wildman–Crippen MR) is 76.4 cm³/mol. The van der Waals surface area contributed by atoms with E-state index in [4.69, 9.17) is 0 Å². The fraction of sp³-hybridized carbons (Fsp3) is 0.200. The molecule has 0 spiro atoms. The summed E-state index contributed by atoms with van der Waals surface area (Å²) >= 11 is 0. The number of pyridine rings is 1. The molecule has 0 radical (unpaired) electrons. The predicted octanol–water partition coefficient (Wildman–Crippen LogP) is 2.44. The van der Waals surface area contributed by atoms with Crippen molar-refractivity contribution in [1.82, 2.24) is 15.0 Å². The van der Waals surface area contributed by atoms with E-state index in [1.807, 2.05) is 25.1 Å². The molecule has 0 fully saturated rings. The number of imidazole rings is 1. The Hall–Kier alpha value is -2.40. The van der Waals surface area contributed by atoms with Gasteiger partial charge in [-0.3, -0.25) is 4.98 Å². The molecule has 0 saturated heterocycles. The second kappa shape index (κ2) is 4.61. The molecule has 0 aliphatic rings. The van der Waals surface area contributed by atoms with Crippen molar-refractivity contribution >= 4 is 11.0 Å². The number of hydrogen-bond donors (Lipinski definition) is 3. The van der Waals surface area contributed by atoms with Crippen molar-refractivity contribution in [3.05, 3.63) is 41.2 Å². The summed E-state index contributed by atoms with van der Waals surface area (Å²) in [6, 6.07) is 5.87. The van der Waals surface area contributed by atoms with E-state index in [-0.39, 0.29) is 12.4 Å². The van der Waals surface area contributed by atoms with Crippen LogP contribution in [0, 0.1) is 13.8 Å². The molecule has 2 heterocycles.